The highest BCUT2D eigenvalue weighted by molar-refractivity contribution is 6.70. The van der Waals surface area contributed by atoms with E-state index < -0.39 is 16.6 Å². The second-order valence-electron chi connectivity index (χ2n) is 14.4. The third-order valence-electron chi connectivity index (χ3n) is 10.2. The fraction of sp³-hybridized carbons (Fsp3) is 1.00. The van der Waals surface area contributed by atoms with Gasteiger partial charge in [0, 0.05) is 12.2 Å². The van der Waals surface area contributed by atoms with Crippen LogP contribution >= 0.6 is 0 Å². The lowest BCUT2D eigenvalue weighted by Gasteiger charge is -2.64. The fourth-order valence-electron chi connectivity index (χ4n) is 9.25. The van der Waals surface area contributed by atoms with Crippen molar-refractivity contribution in [3.8, 4) is 0 Å². The van der Waals surface area contributed by atoms with Crippen LogP contribution < -0.4 is 0 Å². The predicted octanol–water partition coefficient (Wildman–Crippen LogP) is 8.11. The van der Waals surface area contributed by atoms with Crippen molar-refractivity contribution in [1.29, 1.82) is 0 Å². The molecular formula is C27H52O2Si2. The molecule has 4 rings (SSSR count). The Morgan fingerprint density at radius 2 is 1.48 bits per heavy atom. The Bertz CT molecular complexity index is 653. The number of fused-ring (bicyclic) bond motifs is 5. The van der Waals surface area contributed by atoms with Gasteiger partial charge in [-0.25, -0.2) is 0 Å². The van der Waals surface area contributed by atoms with Crippen molar-refractivity contribution in [2.24, 2.45) is 40.4 Å². The van der Waals surface area contributed by atoms with Gasteiger partial charge in [0.05, 0.1) is 0 Å². The van der Waals surface area contributed by atoms with Crippen molar-refractivity contribution in [1.82, 2.24) is 0 Å². The molecule has 0 amide bonds. The van der Waals surface area contributed by atoms with E-state index in [1.54, 1.807) is 0 Å². The minimum atomic E-state index is -1.58. The normalized spacial score (nSPS) is 48.1. The van der Waals surface area contributed by atoms with Crippen molar-refractivity contribution < 1.29 is 8.85 Å². The minimum Gasteiger partial charge on any atom is -0.415 e. The van der Waals surface area contributed by atoms with Gasteiger partial charge in [0.1, 0.15) is 0 Å². The van der Waals surface area contributed by atoms with Gasteiger partial charge in [-0.15, -0.1) is 0 Å². The lowest BCUT2D eigenvalue weighted by atomic mass is 9.44. The van der Waals surface area contributed by atoms with Gasteiger partial charge in [-0.1, -0.05) is 27.2 Å². The molecule has 4 fully saturated rings. The van der Waals surface area contributed by atoms with Gasteiger partial charge in [0.25, 0.3) is 0 Å². The van der Waals surface area contributed by atoms with Gasteiger partial charge < -0.3 is 8.85 Å². The van der Waals surface area contributed by atoms with Gasteiger partial charge in [0.2, 0.25) is 0 Å². The van der Waals surface area contributed by atoms with E-state index in [1.165, 1.54) is 57.8 Å². The van der Waals surface area contributed by atoms with Crippen molar-refractivity contribution in [3.63, 3.8) is 0 Å². The molecule has 0 aromatic rings. The summed E-state index contributed by atoms with van der Waals surface area (Å²) in [7, 11) is -3.05. The molecule has 4 aliphatic rings. The molecule has 9 atom stereocenters. The summed E-state index contributed by atoms with van der Waals surface area (Å²) in [6, 6.07) is 0. The van der Waals surface area contributed by atoms with Gasteiger partial charge in [-0.2, -0.15) is 0 Å². The number of hydrogen-bond acceptors (Lipinski definition) is 2. The first-order chi connectivity index (χ1) is 14.3. The van der Waals surface area contributed by atoms with Gasteiger partial charge >= 0.3 is 0 Å². The molecule has 0 N–H and O–H groups in total. The van der Waals surface area contributed by atoms with Gasteiger partial charge in [-0.05, 0) is 131 Å². The van der Waals surface area contributed by atoms with Gasteiger partial charge in [0.15, 0.2) is 16.6 Å². The summed E-state index contributed by atoms with van der Waals surface area (Å²) in [4.78, 5) is 0. The molecular weight excluding hydrogens is 412 g/mol. The molecule has 0 radical (unpaired) electrons. The highest BCUT2D eigenvalue weighted by Crippen LogP contribution is 2.68. The second kappa shape index (κ2) is 8.24. The molecule has 0 aromatic carbocycles. The van der Waals surface area contributed by atoms with Crippen LogP contribution in [0.1, 0.15) is 78.6 Å². The highest BCUT2D eigenvalue weighted by atomic mass is 28.4. The van der Waals surface area contributed by atoms with Crippen molar-refractivity contribution in [2.45, 2.75) is 130 Å². The summed E-state index contributed by atoms with van der Waals surface area (Å²) in [6.07, 6.45) is 13.5. The van der Waals surface area contributed by atoms with Crippen molar-refractivity contribution in [3.05, 3.63) is 0 Å². The van der Waals surface area contributed by atoms with Crippen LogP contribution in [0.25, 0.3) is 0 Å². The maximum Gasteiger partial charge on any atom is 0.184 e. The molecule has 0 heterocycles. The predicted molar refractivity (Wildman–Crippen MR) is 137 cm³/mol. The zero-order valence-corrected chi connectivity index (χ0v) is 24.2. The summed E-state index contributed by atoms with van der Waals surface area (Å²) in [5, 5.41) is 0. The molecule has 31 heavy (non-hydrogen) atoms. The van der Waals surface area contributed by atoms with Crippen LogP contribution in [0.4, 0.5) is 0 Å². The van der Waals surface area contributed by atoms with E-state index in [-0.39, 0.29) is 0 Å². The molecule has 180 valence electrons. The fourth-order valence-corrected chi connectivity index (χ4v) is 11.6. The lowest BCUT2D eigenvalue weighted by molar-refractivity contribution is -0.171. The molecule has 0 saturated heterocycles. The average molecular weight is 465 g/mol. The number of rotatable bonds is 5. The molecule has 3 unspecified atom stereocenters. The zero-order chi connectivity index (χ0) is 22.8. The average Bonchev–Trinajstić information content (AvgIpc) is 2.95. The van der Waals surface area contributed by atoms with Crippen LogP contribution in [-0.4, -0.2) is 28.8 Å². The van der Waals surface area contributed by atoms with Crippen LogP contribution in [0.2, 0.25) is 39.3 Å². The summed E-state index contributed by atoms with van der Waals surface area (Å²) < 4.78 is 13.8. The Kier molecular flexibility index (Phi) is 6.50. The van der Waals surface area contributed by atoms with Crippen LogP contribution in [0.5, 0.6) is 0 Å². The molecule has 0 spiro atoms. The first kappa shape index (κ1) is 24.5. The molecule has 0 bridgehead atoms. The molecule has 2 nitrogen and oxygen atoms in total. The quantitative estimate of drug-likeness (QED) is 0.382. The Hall–Kier alpha value is 0.354. The smallest absolute Gasteiger partial charge is 0.184 e. The maximum atomic E-state index is 7.15. The first-order valence-electron chi connectivity index (χ1n) is 13.6. The Morgan fingerprint density at radius 3 is 2.10 bits per heavy atom. The van der Waals surface area contributed by atoms with E-state index in [4.69, 9.17) is 8.85 Å². The summed E-state index contributed by atoms with van der Waals surface area (Å²) in [5.74, 6) is 4.37. The third-order valence-corrected chi connectivity index (χ3v) is 12.3. The standard InChI is InChI=1S/C27H52O2Si2/c1-10-19-12-14-23-22-13-11-20-17-21(28-30(4,5)6)15-16-26(20,2)25(22)24(18-27(19,23)3)29-31(7,8)9/h19-25H,10-18H2,1-9H3/t19-,20-,21-,22?,23?,24-,25?,26-,27+/m0/s1. The van der Waals surface area contributed by atoms with Crippen LogP contribution in [0.15, 0.2) is 0 Å². The molecule has 0 aromatic heterocycles. The Morgan fingerprint density at radius 1 is 0.806 bits per heavy atom. The van der Waals surface area contributed by atoms with E-state index >= 15 is 0 Å². The lowest BCUT2D eigenvalue weighted by Crippen LogP contribution is -2.61. The number of hydrogen-bond donors (Lipinski definition) is 0. The highest BCUT2D eigenvalue weighted by Gasteiger charge is 2.63. The molecule has 4 saturated carbocycles. The van der Waals surface area contributed by atoms with E-state index in [0.717, 1.165) is 29.6 Å². The van der Waals surface area contributed by atoms with Gasteiger partial charge in [-0.3, -0.25) is 0 Å². The summed E-state index contributed by atoms with van der Waals surface area (Å²) in [5.41, 5.74) is 0.972. The SMILES string of the molecule is CC[C@H]1CCC2C3CC[C@H]4C[C@@H](O[Si](C)(C)C)CC[C@]4(C)C3[C@@H](O[Si](C)(C)C)C[C@@]21C. The van der Waals surface area contributed by atoms with E-state index in [1.807, 2.05) is 0 Å². The summed E-state index contributed by atoms with van der Waals surface area (Å²) in [6.45, 7) is 22.1. The third kappa shape index (κ3) is 4.54. The van der Waals surface area contributed by atoms with Crippen LogP contribution in [0, 0.1) is 40.4 Å². The van der Waals surface area contributed by atoms with Crippen LogP contribution in [-0.2, 0) is 8.85 Å². The molecule has 4 aliphatic carbocycles. The van der Waals surface area contributed by atoms with Crippen molar-refractivity contribution >= 4 is 16.6 Å². The monoisotopic (exact) mass is 464 g/mol. The molecule has 0 aliphatic heterocycles. The zero-order valence-electron chi connectivity index (χ0n) is 22.2. The van der Waals surface area contributed by atoms with E-state index in [2.05, 4.69) is 60.1 Å². The second-order valence-corrected chi connectivity index (χ2v) is 23.3. The van der Waals surface area contributed by atoms with Crippen molar-refractivity contribution in [2.75, 3.05) is 0 Å². The first-order valence-corrected chi connectivity index (χ1v) is 20.4. The topological polar surface area (TPSA) is 18.5 Å². The summed E-state index contributed by atoms with van der Waals surface area (Å²) >= 11 is 0. The molecule has 4 heteroatoms. The van der Waals surface area contributed by atoms with E-state index in [9.17, 15) is 0 Å². The van der Waals surface area contributed by atoms with E-state index in [0.29, 0.717) is 23.0 Å². The largest absolute Gasteiger partial charge is 0.415 e. The Balaban J connectivity index is 1.64. The minimum absolute atomic E-state index is 0.457. The maximum absolute atomic E-state index is 7.15. The van der Waals surface area contributed by atoms with Crippen LogP contribution in [0.3, 0.4) is 0 Å². The Labute approximate surface area is 195 Å².